The average molecular weight is 451 g/mol. The van der Waals surface area contributed by atoms with Crippen molar-refractivity contribution in [2.75, 3.05) is 37.9 Å². The van der Waals surface area contributed by atoms with Crippen molar-refractivity contribution in [3.8, 4) is 17.2 Å². The van der Waals surface area contributed by atoms with E-state index in [-0.39, 0.29) is 18.8 Å². The Morgan fingerprint density at radius 2 is 1.68 bits per heavy atom. The summed E-state index contributed by atoms with van der Waals surface area (Å²) in [5.41, 5.74) is 2.39. The summed E-state index contributed by atoms with van der Waals surface area (Å²) >= 11 is 0. The van der Waals surface area contributed by atoms with E-state index in [4.69, 9.17) is 14.2 Å². The Bertz CT molecular complexity index is 1000. The lowest BCUT2D eigenvalue weighted by Gasteiger charge is -2.29. The van der Waals surface area contributed by atoms with Gasteiger partial charge in [-0.2, -0.15) is 0 Å². The van der Waals surface area contributed by atoms with E-state index in [9.17, 15) is 13.2 Å². The first-order valence-corrected chi connectivity index (χ1v) is 11.6. The molecule has 0 bridgehead atoms. The van der Waals surface area contributed by atoms with E-state index < -0.39 is 22.0 Å². The molecule has 1 amide bonds. The summed E-state index contributed by atoms with van der Waals surface area (Å²) in [7, 11) is -0.891. The highest BCUT2D eigenvalue weighted by atomic mass is 32.2. The van der Waals surface area contributed by atoms with Crippen LogP contribution in [0.3, 0.4) is 0 Å². The van der Waals surface area contributed by atoms with Crippen molar-refractivity contribution in [1.29, 1.82) is 0 Å². The zero-order chi connectivity index (χ0) is 23.2. The first-order chi connectivity index (χ1) is 14.6. The molecule has 0 aliphatic heterocycles. The van der Waals surface area contributed by atoms with E-state index in [1.165, 1.54) is 27.2 Å². The number of benzene rings is 2. The van der Waals surface area contributed by atoms with E-state index in [2.05, 4.69) is 5.32 Å². The number of nitrogens with zero attached hydrogens (tertiary/aromatic N) is 1. The Kier molecular flexibility index (Phi) is 8.15. The van der Waals surface area contributed by atoms with Crippen LogP contribution < -0.4 is 23.8 Å². The molecule has 31 heavy (non-hydrogen) atoms. The van der Waals surface area contributed by atoms with Gasteiger partial charge in [0.2, 0.25) is 15.9 Å². The van der Waals surface area contributed by atoms with Crippen LogP contribution >= 0.6 is 0 Å². The molecule has 0 radical (unpaired) electrons. The summed E-state index contributed by atoms with van der Waals surface area (Å²) in [5, 5.41) is 2.73. The molecule has 2 aromatic carbocycles. The normalized spacial score (nSPS) is 12.1. The van der Waals surface area contributed by atoms with Gasteiger partial charge in [-0.15, -0.1) is 0 Å². The van der Waals surface area contributed by atoms with Gasteiger partial charge in [0.15, 0.2) is 0 Å². The number of amides is 1. The monoisotopic (exact) mass is 450 g/mol. The molecule has 0 saturated carbocycles. The second-order valence-corrected chi connectivity index (χ2v) is 9.09. The molecular weight excluding hydrogens is 420 g/mol. The number of carbonyl (C=O) groups excluding carboxylic acids is 1. The highest BCUT2D eigenvalue weighted by molar-refractivity contribution is 7.92. The van der Waals surface area contributed by atoms with Gasteiger partial charge in [0, 0.05) is 6.07 Å². The number of ether oxygens (including phenoxy) is 3. The van der Waals surface area contributed by atoms with E-state index >= 15 is 0 Å². The Labute approximate surface area is 184 Å². The van der Waals surface area contributed by atoms with Gasteiger partial charge in [-0.25, -0.2) is 8.42 Å². The van der Waals surface area contributed by atoms with Gasteiger partial charge < -0.3 is 19.5 Å². The van der Waals surface area contributed by atoms with Crippen LogP contribution in [0.4, 0.5) is 5.69 Å². The standard InChI is InChI=1S/C22H30N2O6S/c1-15-11-16(2)13-19(12-15)30-10-9-23-22(25)17(3)24(31(6,26)27)20-14-18(28-4)7-8-21(20)29-5/h7-8,11-14,17H,9-10H2,1-6H3,(H,23,25). The van der Waals surface area contributed by atoms with Crippen molar-refractivity contribution in [2.45, 2.75) is 26.8 Å². The molecule has 0 aromatic heterocycles. The molecular formula is C22H30N2O6S. The van der Waals surface area contributed by atoms with E-state index in [1.54, 1.807) is 12.1 Å². The summed E-state index contributed by atoms with van der Waals surface area (Å²) in [5.74, 6) is 1.01. The SMILES string of the molecule is COc1ccc(OC)c(N(C(C)C(=O)NCCOc2cc(C)cc(C)c2)S(C)(=O)=O)c1. The zero-order valence-electron chi connectivity index (χ0n) is 18.8. The number of methoxy groups -OCH3 is 2. The highest BCUT2D eigenvalue weighted by Crippen LogP contribution is 2.35. The predicted molar refractivity (Wildman–Crippen MR) is 121 cm³/mol. The minimum Gasteiger partial charge on any atom is -0.497 e. The number of rotatable bonds is 10. The lowest BCUT2D eigenvalue weighted by atomic mass is 10.1. The zero-order valence-corrected chi connectivity index (χ0v) is 19.6. The molecule has 0 heterocycles. The van der Waals surface area contributed by atoms with Crippen molar-refractivity contribution in [1.82, 2.24) is 5.32 Å². The number of aryl methyl sites for hydroxylation is 2. The van der Waals surface area contributed by atoms with Gasteiger partial charge in [-0.3, -0.25) is 9.10 Å². The molecule has 0 aliphatic carbocycles. The summed E-state index contributed by atoms with van der Waals surface area (Å²) in [6.45, 7) is 5.96. The molecule has 8 nitrogen and oxygen atoms in total. The first-order valence-electron chi connectivity index (χ1n) is 9.77. The van der Waals surface area contributed by atoms with Crippen molar-refractivity contribution in [2.24, 2.45) is 0 Å². The van der Waals surface area contributed by atoms with Crippen LogP contribution in [0, 0.1) is 13.8 Å². The Hall–Kier alpha value is -2.94. The van der Waals surface area contributed by atoms with Gasteiger partial charge in [-0.1, -0.05) is 6.07 Å². The molecule has 1 unspecified atom stereocenters. The van der Waals surface area contributed by atoms with Crippen molar-refractivity contribution in [3.63, 3.8) is 0 Å². The number of hydrogen-bond donors (Lipinski definition) is 1. The maximum atomic E-state index is 12.7. The number of anilines is 1. The third-order valence-electron chi connectivity index (χ3n) is 4.58. The minimum absolute atomic E-state index is 0.221. The fourth-order valence-electron chi connectivity index (χ4n) is 3.26. The van der Waals surface area contributed by atoms with Gasteiger partial charge in [0.05, 0.1) is 32.7 Å². The summed E-state index contributed by atoms with van der Waals surface area (Å²) in [4.78, 5) is 12.7. The average Bonchev–Trinajstić information content (AvgIpc) is 2.69. The number of nitrogens with one attached hydrogen (secondary N) is 1. The minimum atomic E-state index is -3.80. The quantitative estimate of drug-likeness (QED) is 0.560. The van der Waals surface area contributed by atoms with Crippen LogP contribution in [0.1, 0.15) is 18.1 Å². The molecule has 1 N–H and O–H groups in total. The Balaban J connectivity index is 2.11. The molecule has 0 aliphatic rings. The molecule has 0 saturated heterocycles. The maximum absolute atomic E-state index is 12.7. The van der Waals surface area contributed by atoms with Crippen LogP contribution in [-0.4, -0.2) is 54.0 Å². The van der Waals surface area contributed by atoms with Gasteiger partial charge >= 0.3 is 0 Å². The largest absolute Gasteiger partial charge is 0.497 e. The van der Waals surface area contributed by atoms with Crippen molar-refractivity contribution >= 4 is 21.6 Å². The van der Waals surface area contributed by atoms with Crippen molar-refractivity contribution in [3.05, 3.63) is 47.5 Å². The topological polar surface area (TPSA) is 94.2 Å². The number of hydrogen-bond acceptors (Lipinski definition) is 6. The van der Waals surface area contributed by atoms with Crippen LogP contribution in [0.5, 0.6) is 17.2 Å². The maximum Gasteiger partial charge on any atom is 0.243 e. The van der Waals surface area contributed by atoms with Crippen LogP contribution in [0.25, 0.3) is 0 Å². The van der Waals surface area contributed by atoms with Crippen molar-refractivity contribution < 1.29 is 27.4 Å². The number of sulfonamides is 1. The second-order valence-electron chi connectivity index (χ2n) is 7.24. The molecule has 2 aromatic rings. The highest BCUT2D eigenvalue weighted by Gasteiger charge is 2.31. The lowest BCUT2D eigenvalue weighted by Crippen LogP contribution is -2.48. The van der Waals surface area contributed by atoms with E-state index in [0.29, 0.717) is 11.5 Å². The Morgan fingerprint density at radius 1 is 1.03 bits per heavy atom. The molecule has 0 fully saturated rings. The summed E-state index contributed by atoms with van der Waals surface area (Å²) in [6, 6.07) is 9.62. The summed E-state index contributed by atoms with van der Waals surface area (Å²) < 4.78 is 42.3. The fourth-order valence-corrected chi connectivity index (χ4v) is 4.43. The molecule has 0 spiro atoms. The molecule has 1 atom stereocenters. The fraction of sp³-hybridized carbons (Fsp3) is 0.409. The molecule has 170 valence electrons. The third-order valence-corrected chi connectivity index (χ3v) is 5.80. The summed E-state index contributed by atoms with van der Waals surface area (Å²) in [6.07, 6.45) is 1.04. The molecule has 9 heteroatoms. The van der Waals surface area contributed by atoms with E-state index in [1.807, 2.05) is 32.0 Å². The molecule has 2 rings (SSSR count). The van der Waals surface area contributed by atoms with Gasteiger partial charge in [0.25, 0.3) is 0 Å². The van der Waals surface area contributed by atoms with Crippen LogP contribution in [0.2, 0.25) is 0 Å². The smallest absolute Gasteiger partial charge is 0.243 e. The van der Waals surface area contributed by atoms with Crippen LogP contribution in [-0.2, 0) is 14.8 Å². The lowest BCUT2D eigenvalue weighted by molar-refractivity contribution is -0.121. The van der Waals surface area contributed by atoms with E-state index in [0.717, 1.165) is 27.4 Å². The van der Waals surface area contributed by atoms with Crippen LogP contribution in [0.15, 0.2) is 36.4 Å². The third kappa shape index (κ3) is 6.52. The van der Waals surface area contributed by atoms with Gasteiger partial charge in [0.1, 0.15) is 29.9 Å². The first kappa shape index (κ1) is 24.3. The van der Waals surface area contributed by atoms with Gasteiger partial charge in [-0.05, 0) is 56.2 Å². The predicted octanol–water partition coefficient (Wildman–Crippen LogP) is 2.67. The number of carbonyl (C=O) groups is 1. The Morgan fingerprint density at radius 3 is 2.23 bits per heavy atom. The second kappa shape index (κ2) is 10.4.